The second-order valence-electron chi connectivity index (χ2n) is 6.00. The predicted molar refractivity (Wildman–Crippen MR) is 89.6 cm³/mol. The van der Waals surface area contributed by atoms with Crippen molar-refractivity contribution in [2.24, 2.45) is 11.8 Å². The average molecular weight is 312 g/mol. The quantitative estimate of drug-likeness (QED) is 0.589. The Morgan fingerprint density at radius 3 is 3.30 bits per heavy atom. The predicted octanol–water partition coefficient (Wildman–Crippen LogP) is 3.99. The van der Waals surface area contributed by atoms with Gasteiger partial charge in [0.15, 0.2) is 0 Å². The molecule has 2 fully saturated rings. The first-order valence-electron chi connectivity index (χ1n) is 7.83. The summed E-state index contributed by atoms with van der Waals surface area (Å²) in [5.74, 6) is 1.66. The maximum Gasteiger partial charge on any atom is 0.0794 e. The Morgan fingerprint density at radius 1 is 1.50 bits per heavy atom. The number of rotatable bonds is 6. The molecule has 5 heteroatoms. The van der Waals surface area contributed by atoms with Crippen LogP contribution >= 0.6 is 24.1 Å². The Hall–Kier alpha value is -0.260. The molecule has 1 N–H and O–H groups in total. The number of nitrogens with zero attached hydrogens (tertiary/aromatic N) is 2. The first-order valence-corrected chi connectivity index (χ1v) is 9.44. The van der Waals surface area contributed by atoms with E-state index in [9.17, 15) is 0 Å². The SMILES string of the molecule is CCCCC=CSN1SNC=C1C1CC2CCN(C2)C1. The van der Waals surface area contributed by atoms with Crippen LogP contribution in [0.15, 0.2) is 23.4 Å². The van der Waals surface area contributed by atoms with Crippen molar-refractivity contribution >= 4 is 24.1 Å². The van der Waals surface area contributed by atoms with Crippen molar-refractivity contribution in [1.29, 1.82) is 0 Å². The second-order valence-corrected chi connectivity index (χ2v) is 7.86. The van der Waals surface area contributed by atoms with Crippen molar-refractivity contribution < 1.29 is 0 Å². The van der Waals surface area contributed by atoms with E-state index in [-0.39, 0.29) is 0 Å². The van der Waals surface area contributed by atoms with Gasteiger partial charge in [-0.1, -0.05) is 25.8 Å². The zero-order valence-corrected chi connectivity index (χ0v) is 13.9. The summed E-state index contributed by atoms with van der Waals surface area (Å²) in [6, 6.07) is 0. The van der Waals surface area contributed by atoms with Crippen LogP contribution in [-0.4, -0.2) is 28.2 Å². The molecule has 2 saturated heterocycles. The van der Waals surface area contributed by atoms with Crippen LogP contribution in [0.25, 0.3) is 0 Å². The van der Waals surface area contributed by atoms with Crippen LogP contribution in [-0.2, 0) is 0 Å². The topological polar surface area (TPSA) is 18.5 Å². The first-order chi connectivity index (χ1) is 9.86. The van der Waals surface area contributed by atoms with Gasteiger partial charge in [-0.3, -0.25) is 0 Å². The summed E-state index contributed by atoms with van der Waals surface area (Å²) in [5.41, 5.74) is 1.48. The molecule has 0 aromatic rings. The summed E-state index contributed by atoms with van der Waals surface area (Å²) in [6.45, 7) is 6.16. The van der Waals surface area contributed by atoms with E-state index in [0.717, 1.165) is 11.8 Å². The number of hydrogen-bond donors (Lipinski definition) is 1. The lowest BCUT2D eigenvalue weighted by molar-refractivity contribution is 0.216. The van der Waals surface area contributed by atoms with Crippen LogP contribution in [0.2, 0.25) is 0 Å². The number of unbranched alkanes of at least 4 members (excludes halogenated alkanes) is 2. The number of allylic oxidation sites excluding steroid dienone is 1. The maximum absolute atomic E-state index is 3.33. The summed E-state index contributed by atoms with van der Waals surface area (Å²) >= 11 is 3.54. The standard InChI is InChI=1S/C15H25N3S2/c1-2-3-4-5-8-19-18-15(10-16-20-18)14-9-13-6-7-17(11-13)12-14/h5,8,10,13-14,16H,2-4,6-7,9,11-12H2,1H3. The zero-order chi connectivity index (χ0) is 13.8. The minimum Gasteiger partial charge on any atom is -0.316 e. The lowest BCUT2D eigenvalue weighted by atomic mass is 9.89. The molecule has 3 heterocycles. The molecule has 0 spiro atoms. The maximum atomic E-state index is 3.33. The Bertz CT molecular complexity index is 371. The lowest BCUT2D eigenvalue weighted by Gasteiger charge is -2.32. The number of fused-ring (bicyclic) bond motifs is 2. The fourth-order valence-corrected chi connectivity index (χ4v) is 5.03. The van der Waals surface area contributed by atoms with E-state index >= 15 is 0 Å². The Balaban J connectivity index is 1.52. The molecule has 0 aliphatic carbocycles. The van der Waals surface area contributed by atoms with E-state index < -0.39 is 0 Å². The normalized spacial score (nSPS) is 32.8. The fraction of sp³-hybridized carbons (Fsp3) is 0.733. The number of piperidine rings is 1. The van der Waals surface area contributed by atoms with Crippen molar-refractivity contribution in [3.63, 3.8) is 0 Å². The molecule has 0 aromatic heterocycles. The minimum absolute atomic E-state index is 0.718. The highest BCUT2D eigenvalue weighted by molar-refractivity contribution is 8.13. The molecule has 20 heavy (non-hydrogen) atoms. The van der Waals surface area contributed by atoms with Crippen molar-refractivity contribution in [3.05, 3.63) is 23.4 Å². The smallest absolute Gasteiger partial charge is 0.0794 e. The van der Waals surface area contributed by atoms with E-state index in [4.69, 9.17) is 0 Å². The van der Waals surface area contributed by atoms with Crippen molar-refractivity contribution in [3.8, 4) is 0 Å². The van der Waals surface area contributed by atoms with Crippen LogP contribution < -0.4 is 4.72 Å². The van der Waals surface area contributed by atoms with Gasteiger partial charge in [0, 0.05) is 25.2 Å². The van der Waals surface area contributed by atoms with E-state index in [0.29, 0.717) is 0 Å². The van der Waals surface area contributed by atoms with Crippen LogP contribution in [0.1, 0.15) is 39.0 Å². The molecular formula is C15H25N3S2. The van der Waals surface area contributed by atoms with Gasteiger partial charge in [-0.25, -0.2) is 3.71 Å². The Kier molecular flexibility index (Phi) is 5.24. The highest BCUT2D eigenvalue weighted by Gasteiger charge is 2.36. The molecule has 3 unspecified atom stereocenters. The van der Waals surface area contributed by atoms with E-state index in [2.05, 4.69) is 37.9 Å². The molecular weight excluding hydrogens is 286 g/mol. The summed E-state index contributed by atoms with van der Waals surface area (Å²) in [5, 5.41) is 2.25. The summed E-state index contributed by atoms with van der Waals surface area (Å²) in [7, 11) is 0. The Morgan fingerprint density at radius 2 is 2.45 bits per heavy atom. The minimum atomic E-state index is 0.718. The van der Waals surface area contributed by atoms with Gasteiger partial charge in [0.1, 0.15) is 0 Å². The first kappa shape index (κ1) is 14.7. The molecule has 112 valence electrons. The molecule has 3 aliphatic rings. The molecule has 3 aliphatic heterocycles. The van der Waals surface area contributed by atoms with Gasteiger partial charge in [-0.2, -0.15) is 0 Å². The van der Waals surface area contributed by atoms with Crippen molar-refractivity contribution in [2.45, 2.75) is 39.0 Å². The monoisotopic (exact) mass is 311 g/mol. The molecule has 0 radical (unpaired) electrons. The van der Waals surface area contributed by atoms with Gasteiger partial charge < -0.3 is 9.62 Å². The summed E-state index contributed by atoms with van der Waals surface area (Å²) in [4.78, 5) is 2.64. The van der Waals surface area contributed by atoms with Crippen molar-refractivity contribution in [1.82, 2.24) is 13.3 Å². The van der Waals surface area contributed by atoms with Gasteiger partial charge in [-0.05, 0) is 49.1 Å². The van der Waals surface area contributed by atoms with E-state index in [1.165, 1.54) is 57.4 Å². The van der Waals surface area contributed by atoms with Crippen molar-refractivity contribution in [2.75, 3.05) is 19.6 Å². The molecule has 0 saturated carbocycles. The lowest BCUT2D eigenvalue weighted by Crippen LogP contribution is -2.35. The molecule has 0 aromatic carbocycles. The highest BCUT2D eigenvalue weighted by Crippen LogP contribution is 2.41. The van der Waals surface area contributed by atoms with E-state index in [1.807, 2.05) is 11.9 Å². The Labute approximate surface area is 131 Å². The second kappa shape index (κ2) is 7.14. The summed E-state index contributed by atoms with van der Waals surface area (Å²) < 4.78 is 5.69. The third-order valence-electron chi connectivity index (χ3n) is 4.42. The van der Waals surface area contributed by atoms with Gasteiger partial charge in [-0.15, -0.1) is 0 Å². The van der Waals surface area contributed by atoms with Gasteiger partial charge in [0.25, 0.3) is 0 Å². The highest BCUT2D eigenvalue weighted by atomic mass is 32.2. The molecule has 2 bridgehead atoms. The largest absolute Gasteiger partial charge is 0.316 e. The van der Waals surface area contributed by atoms with Gasteiger partial charge >= 0.3 is 0 Å². The number of hydrogen-bond acceptors (Lipinski definition) is 5. The average Bonchev–Trinajstić information content (AvgIpc) is 3.05. The molecule has 3 rings (SSSR count). The fourth-order valence-electron chi connectivity index (χ4n) is 3.35. The third-order valence-corrected chi connectivity index (χ3v) is 6.21. The van der Waals surface area contributed by atoms with Crippen LogP contribution in [0.4, 0.5) is 0 Å². The molecule has 3 nitrogen and oxygen atoms in total. The van der Waals surface area contributed by atoms with E-state index in [1.54, 1.807) is 12.1 Å². The third kappa shape index (κ3) is 3.49. The zero-order valence-electron chi connectivity index (χ0n) is 12.3. The van der Waals surface area contributed by atoms with Gasteiger partial charge in [0.2, 0.25) is 0 Å². The van der Waals surface area contributed by atoms with Crippen LogP contribution in [0.3, 0.4) is 0 Å². The number of nitrogens with one attached hydrogen (secondary N) is 1. The molecule has 0 amide bonds. The van der Waals surface area contributed by atoms with Crippen LogP contribution in [0.5, 0.6) is 0 Å². The summed E-state index contributed by atoms with van der Waals surface area (Å²) in [6.07, 6.45) is 11.1. The van der Waals surface area contributed by atoms with Gasteiger partial charge in [0.05, 0.1) is 17.8 Å². The van der Waals surface area contributed by atoms with Crippen LogP contribution in [0, 0.1) is 11.8 Å². The molecule has 3 atom stereocenters.